The molecule has 0 bridgehead atoms. The highest BCUT2D eigenvalue weighted by atomic mass is 79.9. The van der Waals surface area contributed by atoms with Gasteiger partial charge in [0.15, 0.2) is 0 Å². The minimum Gasteiger partial charge on any atom is -0.0856 e. The molecule has 2 rings (SSSR count). The molecule has 17 heavy (non-hydrogen) atoms. The maximum absolute atomic E-state index is 6.07. The Labute approximate surface area is 118 Å². The van der Waals surface area contributed by atoms with Crippen molar-refractivity contribution in [2.75, 3.05) is 0 Å². The highest BCUT2D eigenvalue weighted by Crippen LogP contribution is 2.20. The summed E-state index contributed by atoms with van der Waals surface area (Å²) in [4.78, 5) is 0. The van der Waals surface area contributed by atoms with Crippen molar-refractivity contribution in [2.24, 2.45) is 0 Å². The van der Waals surface area contributed by atoms with E-state index in [0.29, 0.717) is 31.4 Å². The quantitative estimate of drug-likeness (QED) is 0.693. The summed E-state index contributed by atoms with van der Waals surface area (Å²) in [5, 5.41) is 0.324. The van der Waals surface area contributed by atoms with E-state index in [9.17, 15) is 0 Å². The molecule has 0 aliphatic carbocycles. The van der Waals surface area contributed by atoms with Crippen LogP contribution in [0.4, 0.5) is 0 Å². The Morgan fingerprint density at radius 1 is 0.882 bits per heavy atom. The van der Waals surface area contributed by atoms with Gasteiger partial charge in [0.1, 0.15) is 23.5 Å². The van der Waals surface area contributed by atoms with E-state index in [1.165, 1.54) is 0 Å². The van der Waals surface area contributed by atoms with Crippen LogP contribution in [0.5, 0.6) is 0 Å². The van der Waals surface area contributed by atoms with E-state index in [0.717, 1.165) is 5.56 Å². The first-order chi connectivity index (χ1) is 8.04. The van der Waals surface area contributed by atoms with Gasteiger partial charge in [-0.2, -0.15) is 0 Å². The lowest BCUT2D eigenvalue weighted by molar-refractivity contribution is 1.67. The van der Waals surface area contributed by atoms with Gasteiger partial charge in [0.2, 0.25) is 0 Å². The fraction of sp³-hybridized carbons (Fsp3) is 0. The van der Waals surface area contributed by atoms with Crippen LogP contribution in [0.15, 0.2) is 34.8 Å². The number of rotatable bonds is 1. The number of benzene rings is 2. The van der Waals surface area contributed by atoms with Crippen molar-refractivity contribution in [2.45, 2.75) is 0 Å². The molecule has 0 aliphatic heterocycles. The van der Waals surface area contributed by atoms with E-state index in [-0.39, 0.29) is 0 Å². The van der Waals surface area contributed by atoms with Gasteiger partial charge in [0.25, 0.3) is 0 Å². The first-order valence-corrected chi connectivity index (χ1v) is 6.08. The molecule has 0 aromatic heterocycles. The predicted octanol–water partition coefficient (Wildman–Crippen LogP) is 1.15. The first kappa shape index (κ1) is 12.9. The average molecular weight is 297 g/mol. The zero-order valence-electron chi connectivity index (χ0n) is 8.87. The van der Waals surface area contributed by atoms with Gasteiger partial charge in [-0.15, -0.1) is 0 Å². The summed E-state index contributed by atoms with van der Waals surface area (Å²) in [6, 6.07) is 9.57. The highest BCUT2D eigenvalue weighted by molar-refractivity contribution is 9.10. The molecule has 2 aromatic carbocycles. The van der Waals surface area contributed by atoms with Gasteiger partial charge >= 0.3 is 0 Å². The molecular weight excluding hydrogens is 292 g/mol. The molecule has 0 saturated heterocycles. The molecule has 6 radical (unpaired) electrons. The van der Waals surface area contributed by atoms with Crippen molar-refractivity contribution >= 4 is 67.5 Å². The minimum absolute atomic E-state index is 0.324. The number of hydrogen-bond donors (Lipinski definition) is 0. The molecule has 76 valence electrons. The summed E-state index contributed by atoms with van der Waals surface area (Å²) in [6.07, 6.45) is 0. The lowest BCUT2D eigenvalue weighted by Gasteiger charge is -2.18. The second-order valence-electron chi connectivity index (χ2n) is 3.61. The average Bonchev–Trinajstić information content (AvgIpc) is 2.36. The molecule has 0 spiro atoms. The fourth-order valence-electron chi connectivity index (χ4n) is 1.67. The Kier molecular flexibility index (Phi) is 3.74. The van der Waals surface area contributed by atoms with Crippen molar-refractivity contribution < 1.29 is 0 Å². The Morgan fingerprint density at radius 2 is 1.47 bits per heavy atom. The van der Waals surface area contributed by atoms with Crippen molar-refractivity contribution in [1.82, 2.24) is 0 Å². The lowest BCUT2D eigenvalue weighted by Crippen LogP contribution is -2.30. The zero-order valence-corrected chi connectivity index (χ0v) is 11.2. The Bertz CT molecular complexity index is 541. The van der Waals surface area contributed by atoms with E-state index < -0.39 is 0 Å². The van der Waals surface area contributed by atoms with E-state index >= 15 is 0 Å². The summed E-state index contributed by atoms with van der Waals surface area (Å²) < 4.78 is 0.579. The fourth-order valence-corrected chi connectivity index (χ4v) is 2.37. The highest BCUT2D eigenvalue weighted by Gasteiger charge is 2.14. The van der Waals surface area contributed by atoms with Gasteiger partial charge in [0, 0.05) is 9.50 Å². The van der Waals surface area contributed by atoms with Crippen molar-refractivity contribution in [1.29, 1.82) is 0 Å². The van der Waals surface area contributed by atoms with Crippen molar-refractivity contribution in [3.8, 4) is 11.1 Å². The third-order valence-electron chi connectivity index (χ3n) is 2.55. The third kappa shape index (κ3) is 2.21. The Hall–Kier alpha value is -0.595. The largest absolute Gasteiger partial charge is 0.117 e. The van der Waals surface area contributed by atoms with Crippen LogP contribution in [-0.2, 0) is 0 Å². The lowest BCUT2D eigenvalue weighted by atomic mass is 9.74. The molecule has 2 aromatic rings. The summed E-state index contributed by atoms with van der Waals surface area (Å²) in [5.41, 5.74) is 2.87. The Balaban J connectivity index is 2.80. The smallest absolute Gasteiger partial charge is 0.0856 e. The van der Waals surface area contributed by atoms with Crippen LogP contribution in [0.2, 0.25) is 5.02 Å². The maximum atomic E-state index is 6.07. The van der Waals surface area contributed by atoms with Crippen LogP contribution in [-0.4, -0.2) is 23.5 Å². The topological polar surface area (TPSA) is 0 Å². The zero-order chi connectivity index (χ0) is 12.6. The number of halogens is 2. The molecule has 0 amide bonds. The van der Waals surface area contributed by atoms with E-state index in [1.54, 1.807) is 0 Å². The summed E-state index contributed by atoms with van der Waals surface area (Å²) in [7, 11) is 17.8. The van der Waals surface area contributed by atoms with Crippen LogP contribution in [0, 0.1) is 0 Å². The molecule has 0 heterocycles. The molecule has 0 N–H and O–H groups in total. The molecule has 0 saturated carbocycles. The van der Waals surface area contributed by atoms with Crippen LogP contribution >= 0.6 is 27.5 Å². The predicted molar refractivity (Wildman–Crippen MR) is 80.8 cm³/mol. The standard InChI is InChI=1S/C12H5B3BrCl/c13-8-7(6-4-2-1-3-5-6)9(14)12(17)10(15)11(8)16/h1-5H. The molecule has 0 fully saturated rings. The van der Waals surface area contributed by atoms with Crippen molar-refractivity contribution in [3.63, 3.8) is 0 Å². The van der Waals surface area contributed by atoms with Gasteiger partial charge in [-0.05, 0) is 11.1 Å². The maximum Gasteiger partial charge on any atom is 0.117 e. The molecule has 0 atom stereocenters. The molecule has 0 nitrogen and oxygen atoms in total. The molecule has 0 unspecified atom stereocenters. The molecule has 0 aliphatic rings. The van der Waals surface area contributed by atoms with Gasteiger partial charge < -0.3 is 0 Å². The monoisotopic (exact) mass is 296 g/mol. The Morgan fingerprint density at radius 3 is 2.06 bits per heavy atom. The summed E-state index contributed by atoms with van der Waals surface area (Å²) in [5.74, 6) is 0. The van der Waals surface area contributed by atoms with Gasteiger partial charge in [-0.25, -0.2) is 0 Å². The minimum atomic E-state index is 0.324. The molecular formula is C12H5B3BrCl. The van der Waals surface area contributed by atoms with E-state index in [2.05, 4.69) is 15.9 Å². The second kappa shape index (κ2) is 4.95. The van der Waals surface area contributed by atoms with Gasteiger partial charge in [-0.3, -0.25) is 0 Å². The van der Waals surface area contributed by atoms with Crippen LogP contribution in [0.1, 0.15) is 0 Å². The third-order valence-corrected chi connectivity index (χ3v) is 3.81. The van der Waals surface area contributed by atoms with Gasteiger partial charge in [-0.1, -0.05) is 74.3 Å². The normalized spacial score (nSPS) is 10.5. The van der Waals surface area contributed by atoms with Crippen molar-refractivity contribution in [3.05, 3.63) is 39.8 Å². The first-order valence-electron chi connectivity index (χ1n) is 4.90. The van der Waals surface area contributed by atoms with Gasteiger partial charge in [0.05, 0.1) is 0 Å². The SMILES string of the molecule is [B]c1c(Cl)c([B])c(-c2ccccc2)c([B])c1Br. The van der Waals surface area contributed by atoms with Crippen LogP contribution < -0.4 is 16.4 Å². The number of hydrogen-bond acceptors (Lipinski definition) is 0. The second-order valence-corrected chi connectivity index (χ2v) is 4.78. The van der Waals surface area contributed by atoms with E-state index in [1.807, 2.05) is 30.3 Å². The summed E-state index contributed by atoms with van der Waals surface area (Å²) >= 11 is 9.40. The van der Waals surface area contributed by atoms with Crippen LogP contribution in [0.25, 0.3) is 11.1 Å². The summed E-state index contributed by atoms with van der Waals surface area (Å²) in [6.45, 7) is 0. The van der Waals surface area contributed by atoms with Crippen LogP contribution in [0.3, 0.4) is 0 Å². The van der Waals surface area contributed by atoms with E-state index in [4.69, 9.17) is 35.1 Å². The molecule has 5 heteroatoms.